The van der Waals surface area contributed by atoms with Gasteiger partial charge in [0.25, 0.3) is 5.91 Å². The van der Waals surface area contributed by atoms with Crippen molar-refractivity contribution in [1.82, 2.24) is 15.1 Å². The van der Waals surface area contributed by atoms with E-state index in [9.17, 15) is 9.59 Å². The molecule has 0 aliphatic carbocycles. The molecule has 21 heavy (non-hydrogen) atoms. The highest BCUT2D eigenvalue weighted by Crippen LogP contribution is 2.21. The van der Waals surface area contributed by atoms with Gasteiger partial charge in [0.15, 0.2) is 0 Å². The summed E-state index contributed by atoms with van der Waals surface area (Å²) in [5.74, 6) is -0.136. The lowest BCUT2D eigenvalue weighted by Gasteiger charge is -2.27. The van der Waals surface area contributed by atoms with Crippen LogP contribution in [0.3, 0.4) is 0 Å². The number of hydrogen-bond acceptors (Lipinski definition) is 3. The van der Waals surface area contributed by atoms with Crippen LogP contribution in [0.25, 0.3) is 0 Å². The molecule has 2 saturated heterocycles. The Morgan fingerprint density at radius 3 is 2.43 bits per heavy atom. The molecule has 1 unspecified atom stereocenters. The number of benzene rings is 1. The second-order valence-corrected chi connectivity index (χ2v) is 5.69. The maximum atomic E-state index is 12.4. The number of piperidine rings is 1. The number of hydrogen-bond donors (Lipinski definition) is 1. The van der Waals surface area contributed by atoms with Crippen LogP contribution in [0.2, 0.25) is 0 Å². The number of nitrogens with zero attached hydrogens (tertiary/aromatic N) is 2. The molecule has 5 nitrogen and oxygen atoms in total. The minimum atomic E-state index is -0.528. The van der Waals surface area contributed by atoms with Crippen LogP contribution in [0.4, 0.5) is 4.79 Å². The normalized spacial score (nSPS) is 23.4. The van der Waals surface area contributed by atoms with Crippen molar-refractivity contribution >= 4 is 11.9 Å². The molecule has 112 valence electrons. The lowest BCUT2D eigenvalue weighted by molar-refractivity contribution is -0.127. The van der Waals surface area contributed by atoms with Crippen molar-refractivity contribution in [2.24, 2.45) is 0 Å². The second-order valence-electron chi connectivity index (χ2n) is 5.69. The van der Waals surface area contributed by atoms with E-state index in [1.54, 1.807) is 0 Å². The van der Waals surface area contributed by atoms with Crippen molar-refractivity contribution in [3.63, 3.8) is 0 Å². The van der Waals surface area contributed by atoms with Crippen LogP contribution in [0.5, 0.6) is 0 Å². The van der Waals surface area contributed by atoms with Crippen LogP contribution in [-0.4, -0.2) is 47.9 Å². The van der Waals surface area contributed by atoms with Gasteiger partial charge in [-0.05, 0) is 31.5 Å². The van der Waals surface area contributed by atoms with E-state index in [0.29, 0.717) is 6.54 Å². The van der Waals surface area contributed by atoms with E-state index >= 15 is 0 Å². The Bertz CT molecular complexity index is 512. The first-order chi connectivity index (χ1) is 10.3. The van der Waals surface area contributed by atoms with Gasteiger partial charge in [-0.15, -0.1) is 0 Å². The standard InChI is InChI=1S/C16H21N3O2/c20-15-14(13-7-3-1-4-8-13)17-16(21)19(15)12-11-18-9-5-2-6-10-18/h1,3-4,7-8,14H,2,5-6,9-12H2,(H,17,21). The molecule has 3 amide bonds. The van der Waals surface area contributed by atoms with E-state index in [4.69, 9.17) is 0 Å². The molecule has 0 spiro atoms. The number of rotatable bonds is 4. The molecule has 1 atom stereocenters. The van der Waals surface area contributed by atoms with Gasteiger partial charge in [-0.25, -0.2) is 4.79 Å². The van der Waals surface area contributed by atoms with E-state index in [2.05, 4.69) is 10.2 Å². The summed E-state index contributed by atoms with van der Waals surface area (Å²) in [6.07, 6.45) is 3.72. The summed E-state index contributed by atoms with van der Waals surface area (Å²) in [6, 6.07) is 8.61. The van der Waals surface area contributed by atoms with Crippen LogP contribution in [0, 0.1) is 0 Å². The summed E-state index contributed by atoms with van der Waals surface area (Å²) in [7, 11) is 0. The molecule has 2 aliphatic heterocycles. The predicted molar refractivity (Wildman–Crippen MR) is 79.7 cm³/mol. The van der Waals surface area contributed by atoms with Crippen molar-refractivity contribution in [2.45, 2.75) is 25.3 Å². The Morgan fingerprint density at radius 2 is 1.71 bits per heavy atom. The molecule has 0 saturated carbocycles. The van der Waals surface area contributed by atoms with Crippen LogP contribution >= 0.6 is 0 Å². The Morgan fingerprint density at radius 1 is 1.00 bits per heavy atom. The summed E-state index contributed by atoms with van der Waals surface area (Å²) in [5.41, 5.74) is 0.844. The third-order valence-electron chi connectivity index (χ3n) is 4.25. The van der Waals surface area contributed by atoms with Crippen LogP contribution in [0.1, 0.15) is 30.9 Å². The first kappa shape index (κ1) is 14.1. The third-order valence-corrected chi connectivity index (χ3v) is 4.25. The van der Waals surface area contributed by atoms with Gasteiger partial charge in [0.1, 0.15) is 6.04 Å². The predicted octanol–water partition coefficient (Wildman–Crippen LogP) is 1.77. The zero-order valence-corrected chi connectivity index (χ0v) is 12.1. The van der Waals surface area contributed by atoms with Gasteiger partial charge in [-0.1, -0.05) is 36.8 Å². The van der Waals surface area contributed by atoms with E-state index in [0.717, 1.165) is 25.2 Å². The first-order valence-electron chi connectivity index (χ1n) is 7.65. The first-order valence-corrected chi connectivity index (χ1v) is 7.65. The van der Waals surface area contributed by atoms with Gasteiger partial charge in [-0.2, -0.15) is 0 Å². The van der Waals surface area contributed by atoms with E-state index in [-0.39, 0.29) is 11.9 Å². The molecular formula is C16H21N3O2. The Labute approximate surface area is 124 Å². The molecule has 5 heteroatoms. The summed E-state index contributed by atoms with van der Waals surface area (Å²) >= 11 is 0. The Hall–Kier alpha value is -1.88. The Balaban J connectivity index is 1.61. The van der Waals surface area contributed by atoms with Crippen molar-refractivity contribution in [2.75, 3.05) is 26.2 Å². The maximum Gasteiger partial charge on any atom is 0.325 e. The maximum absolute atomic E-state index is 12.4. The molecule has 1 aromatic rings. The van der Waals surface area contributed by atoms with Crippen LogP contribution in [-0.2, 0) is 4.79 Å². The molecule has 0 aromatic heterocycles. The number of likely N-dealkylation sites (tertiary alicyclic amines) is 1. The van der Waals surface area contributed by atoms with Gasteiger partial charge in [0.2, 0.25) is 0 Å². The monoisotopic (exact) mass is 287 g/mol. The van der Waals surface area contributed by atoms with Gasteiger partial charge in [0.05, 0.1) is 0 Å². The van der Waals surface area contributed by atoms with Crippen molar-refractivity contribution in [1.29, 1.82) is 0 Å². The van der Waals surface area contributed by atoms with Crippen molar-refractivity contribution < 1.29 is 9.59 Å². The largest absolute Gasteiger partial charge is 0.325 e. The molecule has 3 rings (SSSR count). The lowest BCUT2D eigenvalue weighted by Crippen LogP contribution is -2.40. The molecule has 0 radical (unpaired) electrons. The average Bonchev–Trinajstić information content (AvgIpc) is 2.82. The molecule has 2 aliphatic rings. The molecule has 2 heterocycles. The number of imide groups is 1. The van der Waals surface area contributed by atoms with Crippen LogP contribution < -0.4 is 5.32 Å². The summed E-state index contributed by atoms with van der Waals surface area (Å²) in [6.45, 7) is 3.41. The summed E-state index contributed by atoms with van der Waals surface area (Å²) in [5, 5.41) is 2.78. The topological polar surface area (TPSA) is 52.7 Å². The van der Waals surface area contributed by atoms with E-state index in [1.165, 1.54) is 24.2 Å². The minimum absolute atomic E-state index is 0.136. The number of nitrogens with one attached hydrogen (secondary N) is 1. The SMILES string of the molecule is O=C1NC(c2ccccc2)C(=O)N1CCN1CCCCC1. The number of urea groups is 1. The van der Waals surface area contributed by atoms with Crippen molar-refractivity contribution in [3.05, 3.63) is 35.9 Å². The van der Waals surface area contributed by atoms with Crippen LogP contribution in [0.15, 0.2) is 30.3 Å². The molecule has 1 aromatic carbocycles. The highest BCUT2D eigenvalue weighted by Gasteiger charge is 2.38. The fourth-order valence-corrected chi connectivity index (χ4v) is 3.03. The van der Waals surface area contributed by atoms with Gasteiger partial charge in [-0.3, -0.25) is 9.69 Å². The smallest absolute Gasteiger partial charge is 0.322 e. The lowest BCUT2D eigenvalue weighted by atomic mass is 10.1. The molecule has 1 N–H and O–H groups in total. The van der Waals surface area contributed by atoms with Gasteiger partial charge >= 0.3 is 6.03 Å². The van der Waals surface area contributed by atoms with Gasteiger partial charge in [0, 0.05) is 13.1 Å². The average molecular weight is 287 g/mol. The quantitative estimate of drug-likeness (QED) is 0.859. The minimum Gasteiger partial charge on any atom is -0.322 e. The van der Waals surface area contributed by atoms with E-state index < -0.39 is 6.04 Å². The third kappa shape index (κ3) is 3.08. The zero-order chi connectivity index (χ0) is 14.7. The molecular weight excluding hydrogens is 266 g/mol. The summed E-state index contributed by atoms with van der Waals surface area (Å²) < 4.78 is 0. The summed E-state index contributed by atoms with van der Waals surface area (Å²) in [4.78, 5) is 28.1. The fraction of sp³-hybridized carbons (Fsp3) is 0.500. The highest BCUT2D eigenvalue weighted by atomic mass is 16.2. The number of carbonyl (C=O) groups excluding carboxylic acids is 2. The fourth-order valence-electron chi connectivity index (χ4n) is 3.03. The van der Waals surface area contributed by atoms with Gasteiger partial charge < -0.3 is 10.2 Å². The number of amides is 3. The Kier molecular flexibility index (Phi) is 4.20. The number of carbonyl (C=O) groups is 2. The van der Waals surface area contributed by atoms with Crippen molar-refractivity contribution in [3.8, 4) is 0 Å². The van der Waals surface area contributed by atoms with E-state index in [1.807, 2.05) is 30.3 Å². The highest BCUT2D eigenvalue weighted by molar-refractivity contribution is 6.04. The second kappa shape index (κ2) is 6.26. The zero-order valence-electron chi connectivity index (χ0n) is 12.1. The molecule has 2 fully saturated rings. The molecule has 0 bridgehead atoms.